The highest BCUT2D eigenvalue weighted by atomic mass is 35.5. The Kier molecular flexibility index (Phi) is 5.43. The van der Waals surface area contributed by atoms with Gasteiger partial charge < -0.3 is 14.9 Å². The van der Waals surface area contributed by atoms with Crippen LogP contribution in [0.25, 0.3) is 0 Å². The quantitative estimate of drug-likeness (QED) is 0.585. The van der Waals surface area contributed by atoms with Crippen LogP contribution in [0.3, 0.4) is 0 Å². The van der Waals surface area contributed by atoms with E-state index in [1.807, 2.05) is 20.8 Å². The van der Waals surface area contributed by atoms with E-state index in [1.54, 1.807) is 6.07 Å². The summed E-state index contributed by atoms with van der Waals surface area (Å²) >= 11 is 19.4. The predicted molar refractivity (Wildman–Crippen MR) is 112 cm³/mol. The molecule has 1 aromatic rings. The highest BCUT2D eigenvalue weighted by Gasteiger charge is 2.50. The van der Waals surface area contributed by atoms with Gasteiger partial charge in [0, 0.05) is 10.9 Å². The van der Waals surface area contributed by atoms with Crippen molar-refractivity contribution in [3.63, 3.8) is 0 Å². The fourth-order valence-corrected chi connectivity index (χ4v) is 5.35. The number of ether oxygens (including phenoxy) is 1. The highest BCUT2D eigenvalue weighted by Crippen LogP contribution is 2.52. The Morgan fingerprint density at radius 1 is 1.15 bits per heavy atom. The summed E-state index contributed by atoms with van der Waals surface area (Å²) in [5, 5.41) is 21.6. The van der Waals surface area contributed by atoms with Crippen molar-refractivity contribution in [3.8, 4) is 11.5 Å². The van der Waals surface area contributed by atoms with E-state index in [2.05, 4.69) is 13.8 Å². The van der Waals surface area contributed by atoms with Crippen molar-refractivity contribution in [1.29, 1.82) is 0 Å². The average Bonchev–Trinajstić information content (AvgIpc) is 2.54. The van der Waals surface area contributed by atoms with Crippen molar-refractivity contribution >= 4 is 34.8 Å². The first-order chi connectivity index (χ1) is 12.3. The predicted octanol–water partition coefficient (Wildman–Crippen LogP) is 5.70. The van der Waals surface area contributed by atoms with Crippen LogP contribution in [0.15, 0.2) is 6.07 Å². The number of phenolic OH excluding ortho intramolecular Hbond substituents is 1. The molecule has 27 heavy (non-hydrogen) atoms. The molecule has 0 bridgehead atoms. The van der Waals surface area contributed by atoms with Crippen LogP contribution in [-0.2, 0) is 12.8 Å². The maximum atomic E-state index is 11.1. The second-order valence-electron chi connectivity index (χ2n) is 9.49. The Morgan fingerprint density at radius 3 is 2.41 bits per heavy atom. The van der Waals surface area contributed by atoms with Gasteiger partial charge in [-0.25, -0.2) is 0 Å². The van der Waals surface area contributed by atoms with E-state index in [4.69, 9.17) is 39.5 Å². The molecule has 0 amide bonds. The number of alkyl halides is 2. The number of aliphatic hydroxyl groups is 1. The highest BCUT2D eigenvalue weighted by molar-refractivity contribution is 6.32. The van der Waals surface area contributed by atoms with Crippen LogP contribution in [0, 0.1) is 11.3 Å². The maximum Gasteiger partial charge on any atom is 0.141 e. The molecule has 0 radical (unpaired) electrons. The van der Waals surface area contributed by atoms with Gasteiger partial charge in [-0.05, 0) is 69.4 Å². The third kappa shape index (κ3) is 3.66. The second kappa shape index (κ2) is 6.86. The molecule has 0 saturated heterocycles. The number of phenols is 1. The van der Waals surface area contributed by atoms with E-state index in [0.717, 1.165) is 12.0 Å². The average molecular weight is 436 g/mol. The summed E-state index contributed by atoms with van der Waals surface area (Å²) in [4.78, 5) is 0. The Bertz CT molecular complexity index is 743. The summed E-state index contributed by atoms with van der Waals surface area (Å²) in [6.45, 7) is 9.99. The van der Waals surface area contributed by atoms with Gasteiger partial charge in [0.2, 0.25) is 0 Å². The van der Waals surface area contributed by atoms with Crippen LogP contribution < -0.4 is 4.74 Å². The molecule has 0 aromatic heterocycles. The zero-order valence-corrected chi connectivity index (χ0v) is 18.8. The third-order valence-electron chi connectivity index (χ3n) is 6.67. The normalized spacial score (nSPS) is 34.6. The van der Waals surface area contributed by atoms with Gasteiger partial charge in [0.1, 0.15) is 17.1 Å². The van der Waals surface area contributed by atoms with Gasteiger partial charge in [-0.3, -0.25) is 0 Å². The van der Waals surface area contributed by atoms with E-state index >= 15 is 0 Å². The number of halogens is 3. The maximum absolute atomic E-state index is 11.1. The molecule has 3 nitrogen and oxygen atoms in total. The molecule has 1 aromatic carbocycles. The third-order valence-corrected chi connectivity index (χ3v) is 8.41. The molecular weight excluding hydrogens is 407 g/mol. The monoisotopic (exact) mass is 434 g/mol. The molecule has 2 N–H and O–H groups in total. The molecule has 152 valence electrons. The lowest BCUT2D eigenvalue weighted by atomic mass is 9.59. The minimum absolute atomic E-state index is 0.0179. The summed E-state index contributed by atoms with van der Waals surface area (Å²) in [7, 11) is 0. The van der Waals surface area contributed by atoms with Crippen LogP contribution in [0.5, 0.6) is 11.5 Å². The molecule has 1 heterocycles. The Hall–Kier alpha value is -0.350. The molecule has 6 heteroatoms. The van der Waals surface area contributed by atoms with Gasteiger partial charge in [-0.2, -0.15) is 0 Å². The van der Waals surface area contributed by atoms with Gasteiger partial charge in [0.25, 0.3) is 0 Å². The van der Waals surface area contributed by atoms with E-state index < -0.39 is 11.2 Å². The first-order valence-electron chi connectivity index (χ1n) is 9.50. The molecular formula is C21H29Cl3O3. The van der Waals surface area contributed by atoms with Crippen molar-refractivity contribution in [2.45, 2.75) is 82.3 Å². The minimum atomic E-state index is -0.842. The zero-order chi connectivity index (χ0) is 20.4. The van der Waals surface area contributed by atoms with E-state index in [1.165, 1.54) is 0 Å². The lowest BCUT2D eigenvalue weighted by Gasteiger charge is -2.51. The molecule has 2 aliphatic rings. The largest absolute Gasteiger partial charge is 0.506 e. The van der Waals surface area contributed by atoms with Gasteiger partial charge >= 0.3 is 0 Å². The van der Waals surface area contributed by atoms with E-state index in [9.17, 15) is 10.2 Å². The van der Waals surface area contributed by atoms with Crippen LogP contribution >= 0.6 is 34.8 Å². The first-order valence-corrected chi connectivity index (χ1v) is 10.7. The number of benzene rings is 1. The number of hydrogen-bond acceptors (Lipinski definition) is 3. The summed E-state index contributed by atoms with van der Waals surface area (Å²) in [5.41, 5.74) is -0.144. The van der Waals surface area contributed by atoms with Gasteiger partial charge in [-0.1, -0.05) is 25.4 Å². The standard InChI is InChI=1S/C21H29Cl3O3/c1-19(2)14(21(5,26)7-6-15(19)23)9-11-8-13(22)17(25)12-10-16(24)20(3,4)27-18(11)12/h8,14-16,25-26H,6-7,9-10H2,1-5H3/t14-,15-,16+,21-/m0/s1. The smallest absolute Gasteiger partial charge is 0.141 e. The van der Waals surface area contributed by atoms with Crippen molar-refractivity contribution in [2.24, 2.45) is 11.3 Å². The fraction of sp³-hybridized carbons (Fsp3) is 0.714. The summed E-state index contributed by atoms with van der Waals surface area (Å²) < 4.78 is 6.24. The minimum Gasteiger partial charge on any atom is -0.506 e. The molecule has 4 atom stereocenters. The van der Waals surface area contributed by atoms with Gasteiger partial charge in [-0.15, -0.1) is 23.2 Å². The molecule has 1 saturated carbocycles. The number of rotatable bonds is 2. The molecule has 1 aliphatic heterocycles. The number of aromatic hydroxyl groups is 1. The lowest BCUT2D eigenvalue weighted by Crippen LogP contribution is -2.53. The van der Waals surface area contributed by atoms with Crippen LogP contribution in [0.1, 0.15) is 58.6 Å². The van der Waals surface area contributed by atoms with Crippen molar-refractivity contribution in [1.82, 2.24) is 0 Å². The molecule has 1 fully saturated rings. The van der Waals surface area contributed by atoms with Crippen molar-refractivity contribution in [3.05, 3.63) is 22.2 Å². The molecule has 0 unspecified atom stereocenters. The van der Waals surface area contributed by atoms with E-state index in [0.29, 0.717) is 30.6 Å². The second-order valence-corrected chi connectivity index (χ2v) is 11.0. The van der Waals surface area contributed by atoms with Crippen LogP contribution in [-0.4, -0.2) is 32.2 Å². The van der Waals surface area contributed by atoms with Crippen LogP contribution in [0.4, 0.5) is 0 Å². The zero-order valence-electron chi connectivity index (χ0n) is 16.6. The first kappa shape index (κ1) is 21.4. The number of fused-ring (bicyclic) bond motifs is 1. The topological polar surface area (TPSA) is 49.7 Å². The lowest BCUT2D eigenvalue weighted by molar-refractivity contribution is -0.0865. The number of hydrogen-bond donors (Lipinski definition) is 2. The SMILES string of the molecule is CC1(C)Oc2c(C[C@H]3C(C)(C)[C@@H](Cl)CC[C@]3(C)O)cc(Cl)c(O)c2C[C@H]1Cl. The van der Waals surface area contributed by atoms with E-state index in [-0.39, 0.29) is 32.9 Å². The molecule has 3 rings (SSSR count). The Labute approximate surface area is 177 Å². The van der Waals surface area contributed by atoms with Gasteiger partial charge in [0.05, 0.1) is 16.0 Å². The molecule has 1 aliphatic carbocycles. The summed E-state index contributed by atoms with van der Waals surface area (Å²) in [6.07, 6.45) is 2.48. The summed E-state index contributed by atoms with van der Waals surface area (Å²) in [5.74, 6) is 0.593. The Balaban J connectivity index is 2.08. The Morgan fingerprint density at radius 2 is 1.78 bits per heavy atom. The van der Waals surface area contributed by atoms with Crippen molar-refractivity contribution in [2.75, 3.05) is 0 Å². The van der Waals surface area contributed by atoms with Gasteiger partial charge in [0.15, 0.2) is 0 Å². The fourth-order valence-electron chi connectivity index (χ4n) is 4.64. The van der Waals surface area contributed by atoms with Crippen LogP contribution in [0.2, 0.25) is 5.02 Å². The summed E-state index contributed by atoms with van der Waals surface area (Å²) in [6, 6.07) is 1.75. The van der Waals surface area contributed by atoms with Crippen molar-refractivity contribution < 1.29 is 14.9 Å². The molecule has 0 spiro atoms.